The minimum Gasteiger partial charge on any atom is -0.465 e. The molecule has 27 heavy (non-hydrogen) atoms. The van der Waals surface area contributed by atoms with Gasteiger partial charge in [0.15, 0.2) is 0 Å². The van der Waals surface area contributed by atoms with Crippen LogP contribution >= 0.6 is 0 Å². The van der Waals surface area contributed by atoms with Crippen LogP contribution in [0.5, 0.6) is 0 Å². The van der Waals surface area contributed by atoms with Crippen molar-refractivity contribution in [2.24, 2.45) is 0 Å². The Morgan fingerprint density at radius 2 is 1.81 bits per heavy atom. The Balaban J connectivity index is 1.97. The largest absolute Gasteiger partial charge is 0.465 e. The minimum absolute atomic E-state index is 0.325. The van der Waals surface area contributed by atoms with E-state index in [2.05, 4.69) is 11.8 Å². The molecule has 4 nitrogen and oxygen atoms in total. The van der Waals surface area contributed by atoms with Crippen LogP contribution < -0.4 is 0 Å². The smallest absolute Gasteiger partial charge is 0.340 e. The summed E-state index contributed by atoms with van der Waals surface area (Å²) in [4.78, 5) is 20.1. The lowest BCUT2D eigenvalue weighted by atomic mass is 9.94. The third-order valence-corrected chi connectivity index (χ3v) is 5.24. The number of carbonyl (C=O) groups excluding carboxylic acids is 1. The molecule has 1 aliphatic carbocycles. The van der Waals surface area contributed by atoms with Gasteiger partial charge in [0.05, 0.1) is 23.9 Å². The summed E-state index contributed by atoms with van der Waals surface area (Å²) in [5, 5.41) is 0.974. The van der Waals surface area contributed by atoms with Crippen molar-refractivity contribution in [1.29, 1.82) is 0 Å². The van der Waals surface area contributed by atoms with Gasteiger partial charge in [0.1, 0.15) is 0 Å². The van der Waals surface area contributed by atoms with E-state index in [4.69, 9.17) is 9.72 Å². The minimum atomic E-state index is -0.325. The van der Waals surface area contributed by atoms with Gasteiger partial charge in [-0.2, -0.15) is 0 Å². The first-order valence-electron chi connectivity index (χ1n) is 9.52. The SMILES string of the molecule is CCN(Cc1nc2ccccc2c(-c2ccccc2)c1C(=O)OC)C1CC1. The van der Waals surface area contributed by atoms with Gasteiger partial charge in [-0.3, -0.25) is 9.88 Å². The number of carbonyl (C=O) groups is 1. The van der Waals surface area contributed by atoms with E-state index in [9.17, 15) is 4.79 Å². The molecule has 0 N–H and O–H groups in total. The Morgan fingerprint density at radius 1 is 1.11 bits per heavy atom. The number of hydrogen-bond donors (Lipinski definition) is 0. The van der Waals surface area contributed by atoms with Crippen LogP contribution in [0.4, 0.5) is 0 Å². The van der Waals surface area contributed by atoms with E-state index in [0.29, 0.717) is 18.2 Å². The Bertz CT molecular complexity index is 965. The second-order valence-corrected chi connectivity index (χ2v) is 6.98. The first kappa shape index (κ1) is 17.7. The zero-order valence-corrected chi connectivity index (χ0v) is 15.8. The molecule has 4 heteroatoms. The zero-order valence-electron chi connectivity index (χ0n) is 15.8. The number of ether oxygens (including phenoxy) is 1. The molecule has 0 atom stereocenters. The van der Waals surface area contributed by atoms with Gasteiger partial charge in [-0.1, -0.05) is 55.5 Å². The van der Waals surface area contributed by atoms with Crippen LogP contribution in [0.25, 0.3) is 22.0 Å². The quantitative estimate of drug-likeness (QED) is 0.599. The highest BCUT2D eigenvalue weighted by atomic mass is 16.5. The lowest BCUT2D eigenvalue weighted by Crippen LogP contribution is -2.27. The molecule has 0 radical (unpaired) electrons. The van der Waals surface area contributed by atoms with Crippen LogP contribution in [0.15, 0.2) is 54.6 Å². The second-order valence-electron chi connectivity index (χ2n) is 6.98. The van der Waals surface area contributed by atoms with Crippen LogP contribution in [-0.4, -0.2) is 35.5 Å². The van der Waals surface area contributed by atoms with Crippen molar-refractivity contribution in [2.45, 2.75) is 32.4 Å². The molecule has 138 valence electrons. The van der Waals surface area contributed by atoms with Crippen molar-refractivity contribution in [3.63, 3.8) is 0 Å². The Hall–Kier alpha value is -2.72. The van der Waals surface area contributed by atoms with Gasteiger partial charge >= 0.3 is 5.97 Å². The number of pyridine rings is 1. The predicted octanol–water partition coefficient (Wildman–Crippen LogP) is 4.67. The van der Waals surface area contributed by atoms with E-state index >= 15 is 0 Å². The molecule has 0 bridgehead atoms. The molecule has 1 saturated carbocycles. The molecule has 0 spiro atoms. The number of benzene rings is 2. The number of rotatable bonds is 6. The van der Waals surface area contributed by atoms with Crippen molar-refractivity contribution in [2.75, 3.05) is 13.7 Å². The fraction of sp³-hybridized carbons (Fsp3) is 0.304. The maximum atomic E-state index is 12.8. The molecule has 0 saturated heterocycles. The fourth-order valence-electron chi connectivity index (χ4n) is 3.73. The van der Waals surface area contributed by atoms with Gasteiger partial charge in [0.2, 0.25) is 0 Å². The van der Waals surface area contributed by atoms with E-state index < -0.39 is 0 Å². The van der Waals surface area contributed by atoms with E-state index in [-0.39, 0.29) is 5.97 Å². The third-order valence-electron chi connectivity index (χ3n) is 5.24. The molecular formula is C23H24N2O2. The summed E-state index contributed by atoms with van der Waals surface area (Å²) < 4.78 is 5.18. The average Bonchev–Trinajstić information content (AvgIpc) is 3.56. The van der Waals surface area contributed by atoms with Crippen LogP contribution in [0.2, 0.25) is 0 Å². The molecule has 4 rings (SSSR count). The monoisotopic (exact) mass is 360 g/mol. The lowest BCUT2D eigenvalue weighted by Gasteiger charge is -2.22. The number of esters is 1. The van der Waals surface area contributed by atoms with E-state index in [0.717, 1.165) is 34.3 Å². The summed E-state index contributed by atoms with van der Waals surface area (Å²) in [6.45, 7) is 3.77. The Labute approximate surface area is 159 Å². The standard InChI is InChI=1S/C23H24N2O2/c1-3-25(17-13-14-17)15-20-22(23(26)27-2)21(16-9-5-4-6-10-16)18-11-7-8-12-19(18)24-20/h4-12,17H,3,13-15H2,1-2H3. The van der Waals surface area contributed by atoms with Gasteiger partial charge in [-0.05, 0) is 31.0 Å². The highest BCUT2D eigenvalue weighted by Crippen LogP contribution is 2.35. The number of fused-ring (bicyclic) bond motifs is 1. The summed E-state index contributed by atoms with van der Waals surface area (Å²) >= 11 is 0. The molecule has 1 fully saturated rings. The second kappa shape index (κ2) is 7.49. The first-order chi connectivity index (χ1) is 13.2. The Morgan fingerprint density at radius 3 is 2.48 bits per heavy atom. The van der Waals surface area contributed by atoms with E-state index in [1.54, 1.807) is 0 Å². The van der Waals surface area contributed by atoms with Gasteiger partial charge in [0.25, 0.3) is 0 Å². The number of nitrogens with zero attached hydrogens (tertiary/aromatic N) is 2. The van der Waals surface area contributed by atoms with E-state index in [1.807, 2.05) is 54.6 Å². The van der Waals surface area contributed by atoms with Gasteiger partial charge < -0.3 is 4.74 Å². The molecule has 1 aliphatic rings. The summed E-state index contributed by atoms with van der Waals surface area (Å²) in [5.74, 6) is -0.325. The van der Waals surface area contributed by atoms with Gasteiger partial charge in [-0.25, -0.2) is 4.79 Å². The normalized spacial score (nSPS) is 13.9. The van der Waals surface area contributed by atoms with Crippen molar-refractivity contribution in [3.05, 3.63) is 65.9 Å². The van der Waals surface area contributed by atoms with Crippen molar-refractivity contribution in [3.8, 4) is 11.1 Å². The number of aromatic nitrogens is 1. The lowest BCUT2D eigenvalue weighted by molar-refractivity contribution is 0.0598. The van der Waals surface area contributed by atoms with Crippen LogP contribution in [0.1, 0.15) is 35.8 Å². The average molecular weight is 360 g/mol. The summed E-state index contributed by atoms with van der Waals surface area (Å²) in [5.41, 5.74) is 4.21. The highest BCUT2D eigenvalue weighted by Gasteiger charge is 2.30. The molecule has 2 aromatic carbocycles. The summed E-state index contributed by atoms with van der Waals surface area (Å²) in [6, 6.07) is 18.7. The zero-order chi connectivity index (χ0) is 18.8. The molecule has 1 heterocycles. The molecule has 3 aromatic rings. The maximum absolute atomic E-state index is 12.8. The molecular weight excluding hydrogens is 336 g/mol. The van der Waals surface area contributed by atoms with Crippen LogP contribution in [0, 0.1) is 0 Å². The molecule has 0 amide bonds. The number of para-hydroxylation sites is 1. The van der Waals surface area contributed by atoms with Gasteiger partial charge in [-0.15, -0.1) is 0 Å². The van der Waals surface area contributed by atoms with Crippen molar-refractivity contribution >= 4 is 16.9 Å². The van der Waals surface area contributed by atoms with Gasteiger partial charge in [0, 0.05) is 23.5 Å². The summed E-state index contributed by atoms with van der Waals surface area (Å²) in [7, 11) is 1.44. The third kappa shape index (κ3) is 3.45. The maximum Gasteiger partial charge on any atom is 0.340 e. The Kier molecular flexibility index (Phi) is 4.90. The highest BCUT2D eigenvalue weighted by molar-refractivity contribution is 6.07. The number of methoxy groups -OCH3 is 1. The molecule has 1 aromatic heterocycles. The topological polar surface area (TPSA) is 42.4 Å². The van der Waals surface area contributed by atoms with E-state index in [1.165, 1.54) is 20.0 Å². The van der Waals surface area contributed by atoms with Crippen LogP contribution in [-0.2, 0) is 11.3 Å². The first-order valence-corrected chi connectivity index (χ1v) is 9.52. The fourth-order valence-corrected chi connectivity index (χ4v) is 3.73. The van der Waals surface area contributed by atoms with Crippen molar-refractivity contribution < 1.29 is 9.53 Å². The van der Waals surface area contributed by atoms with Crippen LogP contribution in [0.3, 0.4) is 0 Å². The molecule has 0 aliphatic heterocycles. The molecule has 0 unspecified atom stereocenters. The predicted molar refractivity (Wildman–Crippen MR) is 108 cm³/mol. The van der Waals surface area contributed by atoms with Crippen molar-refractivity contribution in [1.82, 2.24) is 9.88 Å². The number of hydrogen-bond acceptors (Lipinski definition) is 4. The summed E-state index contributed by atoms with van der Waals surface area (Å²) in [6.07, 6.45) is 2.45.